The number of hydrogen-bond acceptors (Lipinski definition) is 4. The van der Waals surface area contributed by atoms with Crippen LogP contribution in [-0.2, 0) is 19.2 Å². The van der Waals surface area contributed by atoms with E-state index in [4.69, 9.17) is 0 Å². The van der Waals surface area contributed by atoms with Crippen LogP contribution in [0.25, 0.3) is 0 Å². The van der Waals surface area contributed by atoms with Crippen LogP contribution in [0.1, 0.15) is 154 Å². The quantitative estimate of drug-likeness (QED) is 0.208. The first-order valence-corrected chi connectivity index (χ1v) is 18.5. The predicted octanol–water partition coefficient (Wildman–Crippen LogP) is 12.1. The van der Waals surface area contributed by atoms with Crippen molar-refractivity contribution in [3.63, 3.8) is 0 Å². The van der Waals surface area contributed by atoms with Crippen molar-refractivity contribution >= 4 is 23.1 Å². The number of carbonyl (C=O) groups is 4. The summed E-state index contributed by atoms with van der Waals surface area (Å²) in [7, 11) is 0. The van der Waals surface area contributed by atoms with Crippen LogP contribution in [0.2, 0.25) is 0 Å². The molecule has 0 saturated heterocycles. The third kappa shape index (κ3) is 16.4. The van der Waals surface area contributed by atoms with Crippen molar-refractivity contribution in [2.45, 2.75) is 154 Å². The van der Waals surface area contributed by atoms with E-state index >= 15 is 0 Å². The maximum absolute atomic E-state index is 10.9. The zero-order chi connectivity index (χ0) is 37.4. The zero-order valence-electron chi connectivity index (χ0n) is 33.2. The van der Waals surface area contributed by atoms with Crippen molar-refractivity contribution in [3.05, 3.63) is 82.5 Å². The van der Waals surface area contributed by atoms with Gasteiger partial charge in [-0.1, -0.05) is 88.6 Å². The predicted molar refractivity (Wildman–Crippen MR) is 208 cm³/mol. The summed E-state index contributed by atoms with van der Waals surface area (Å²) in [5.41, 5.74) is 7.79. The molecule has 1 atom stereocenters. The normalized spacial score (nSPS) is 22.8. The molecule has 0 aromatic rings. The molecule has 0 heterocycles. The van der Waals surface area contributed by atoms with Gasteiger partial charge >= 0.3 is 0 Å². The van der Waals surface area contributed by atoms with Crippen molar-refractivity contribution < 1.29 is 19.2 Å². The molecule has 0 radical (unpaired) electrons. The number of ketones is 4. The minimum Gasteiger partial charge on any atom is -0.295 e. The minimum absolute atomic E-state index is 0.131. The number of allylic oxidation sites excluding steroid dienone is 14. The van der Waals surface area contributed by atoms with Crippen molar-refractivity contribution in [1.29, 1.82) is 0 Å². The first kappa shape index (κ1) is 43.9. The van der Waals surface area contributed by atoms with Crippen LogP contribution in [0.3, 0.4) is 0 Å². The molecule has 0 aromatic carbocycles. The van der Waals surface area contributed by atoms with Gasteiger partial charge in [-0.2, -0.15) is 0 Å². The summed E-state index contributed by atoms with van der Waals surface area (Å²) in [5, 5.41) is 0. The van der Waals surface area contributed by atoms with Crippen molar-refractivity contribution in [1.82, 2.24) is 0 Å². The molecule has 0 spiro atoms. The van der Waals surface area contributed by atoms with Gasteiger partial charge < -0.3 is 0 Å². The second-order valence-electron chi connectivity index (χ2n) is 16.4. The molecule has 0 amide bonds. The molecule has 4 rings (SSSR count). The lowest BCUT2D eigenvalue weighted by atomic mass is 9.68. The standard InChI is InChI=1S/3C13H20O.C6H8O/c3*1-10-6-5-9-13(3,4)12(10)8-7-11(2)14;7-6-4-2-1-3-5-6/h2*7-8H,5-6,9H2,1-4H3;6-8,12H,5,9H2,1-4H3;2,4H,1,3,5H2/b3*8-7+;. The summed E-state index contributed by atoms with van der Waals surface area (Å²) >= 11 is 0. The molecule has 4 aliphatic carbocycles. The maximum atomic E-state index is 10.9. The summed E-state index contributed by atoms with van der Waals surface area (Å²) in [6.45, 7) is 24.9. The van der Waals surface area contributed by atoms with Crippen LogP contribution in [0.4, 0.5) is 0 Å². The zero-order valence-corrected chi connectivity index (χ0v) is 33.2. The summed E-state index contributed by atoms with van der Waals surface area (Å²) in [5.74, 6) is 1.11. The fourth-order valence-corrected chi connectivity index (χ4v) is 7.33. The molecule has 4 aliphatic rings. The van der Waals surface area contributed by atoms with Gasteiger partial charge in [0, 0.05) is 12.3 Å². The lowest BCUT2D eigenvalue weighted by Crippen LogP contribution is -2.26. The Kier molecular flexibility index (Phi) is 18.4. The van der Waals surface area contributed by atoms with Gasteiger partial charge in [-0.15, -0.1) is 0 Å². The first-order valence-electron chi connectivity index (χ1n) is 18.5. The van der Waals surface area contributed by atoms with Crippen molar-refractivity contribution in [3.8, 4) is 0 Å². The highest BCUT2D eigenvalue weighted by Crippen LogP contribution is 2.42. The van der Waals surface area contributed by atoms with Crippen LogP contribution >= 0.6 is 0 Å². The van der Waals surface area contributed by atoms with Gasteiger partial charge in [-0.05, 0) is 157 Å². The first-order chi connectivity index (χ1) is 22.7. The number of carbonyl (C=O) groups excluding carboxylic acids is 4. The fourth-order valence-electron chi connectivity index (χ4n) is 7.33. The highest BCUT2D eigenvalue weighted by atomic mass is 16.1. The molecular weight excluding hydrogens is 604 g/mol. The Balaban J connectivity index is 0.000000335. The van der Waals surface area contributed by atoms with Gasteiger partial charge in [0.25, 0.3) is 0 Å². The summed E-state index contributed by atoms with van der Waals surface area (Å²) in [6.07, 6.45) is 29.7. The fraction of sp³-hybridized carbons (Fsp3) is 0.600. The van der Waals surface area contributed by atoms with Gasteiger partial charge in [-0.3, -0.25) is 19.2 Å². The van der Waals surface area contributed by atoms with Crippen LogP contribution in [-0.4, -0.2) is 23.1 Å². The molecule has 4 heteroatoms. The van der Waals surface area contributed by atoms with E-state index in [1.54, 1.807) is 45.1 Å². The van der Waals surface area contributed by atoms with Gasteiger partial charge in [-0.25, -0.2) is 0 Å². The largest absolute Gasteiger partial charge is 0.295 e. The Labute approximate surface area is 300 Å². The highest BCUT2D eigenvalue weighted by molar-refractivity contribution is 5.90. The van der Waals surface area contributed by atoms with Crippen LogP contribution in [0.15, 0.2) is 82.5 Å². The molecule has 0 aromatic heterocycles. The average Bonchev–Trinajstić information content (AvgIpc) is 2.96. The van der Waals surface area contributed by atoms with E-state index in [-0.39, 0.29) is 34.0 Å². The lowest BCUT2D eigenvalue weighted by Gasteiger charge is -2.36. The van der Waals surface area contributed by atoms with Gasteiger partial charge in [0.2, 0.25) is 0 Å². The molecule has 0 N–H and O–H groups in total. The molecule has 49 heavy (non-hydrogen) atoms. The van der Waals surface area contributed by atoms with E-state index in [2.05, 4.69) is 74.5 Å². The monoisotopic (exact) mass is 673 g/mol. The van der Waals surface area contributed by atoms with Gasteiger partial charge in [0.05, 0.1) is 0 Å². The van der Waals surface area contributed by atoms with Gasteiger partial charge in [0.1, 0.15) is 0 Å². The van der Waals surface area contributed by atoms with E-state index in [1.165, 1.54) is 79.2 Å². The summed E-state index contributed by atoms with van der Waals surface area (Å²) in [6, 6.07) is 0. The molecular formula is C45H68O4. The Hall–Kier alpha value is -3.14. The van der Waals surface area contributed by atoms with Crippen LogP contribution in [0.5, 0.6) is 0 Å². The molecule has 0 aliphatic heterocycles. The van der Waals surface area contributed by atoms with Crippen molar-refractivity contribution in [2.75, 3.05) is 0 Å². The molecule has 272 valence electrons. The Morgan fingerprint density at radius 3 is 1.45 bits per heavy atom. The third-order valence-corrected chi connectivity index (χ3v) is 10.3. The molecule has 4 nitrogen and oxygen atoms in total. The Morgan fingerprint density at radius 1 is 0.653 bits per heavy atom. The van der Waals surface area contributed by atoms with E-state index in [0.717, 1.165) is 19.3 Å². The maximum Gasteiger partial charge on any atom is 0.155 e. The molecule has 0 saturated carbocycles. The molecule has 0 bridgehead atoms. The van der Waals surface area contributed by atoms with E-state index in [9.17, 15) is 19.2 Å². The summed E-state index contributed by atoms with van der Waals surface area (Å²) < 4.78 is 0. The summed E-state index contributed by atoms with van der Waals surface area (Å²) in [4.78, 5) is 43.1. The van der Waals surface area contributed by atoms with E-state index in [1.807, 2.05) is 18.2 Å². The second-order valence-corrected chi connectivity index (χ2v) is 16.4. The Bertz CT molecular complexity index is 1320. The SMILES string of the molecule is CC(=O)/C=C/C1=C(C)CCCC1(C)C.CC(=O)/C=C/C1=C(C)CCCC1(C)C.CC(=O)/C=C/C1C(C)=CCCC1(C)C.O=C1C=CCCC1. The van der Waals surface area contributed by atoms with Crippen LogP contribution < -0.4 is 0 Å². The lowest BCUT2D eigenvalue weighted by molar-refractivity contribution is -0.115. The topological polar surface area (TPSA) is 68.3 Å². The smallest absolute Gasteiger partial charge is 0.155 e. The van der Waals surface area contributed by atoms with E-state index in [0.29, 0.717) is 11.3 Å². The minimum atomic E-state index is 0.131. The van der Waals surface area contributed by atoms with Gasteiger partial charge in [0.15, 0.2) is 23.1 Å². The average molecular weight is 673 g/mol. The molecule has 1 unspecified atom stereocenters. The van der Waals surface area contributed by atoms with Crippen molar-refractivity contribution in [2.24, 2.45) is 22.2 Å². The Morgan fingerprint density at radius 2 is 1.12 bits per heavy atom. The second kappa shape index (κ2) is 20.5. The number of rotatable bonds is 6. The van der Waals surface area contributed by atoms with Crippen LogP contribution in [0, 0.1) is 22.2 Å². The molecule has 0 fully saturated rings. The highest BCUT2D eigenvalue weighted by Gasteiger charge is 2.31. The third-order valence-electron chi connectivity index (χ3n) is 10.3. The van der Waals surface area contributed by atoms with E-state index < -0.39 is 0 Å². The number of hydrogen-bond donors (Lipinski definition) is 0.